The van der Waals surface area contributed by atoms with Gasteiger partial charge >= 0.3 is 6.29 Å². The van der Waals surface area contributed by atoms with E-state index in [0.717, 1.165) is 0 Å². The Balaban J connectivity index is 1.87. The number of sulfonamides is 1. The van der Waals surface area contributed by atoms with Crippen molar-refractivity contribution in [2.24, 2.45) is 0 Å². The second-order valence-corrected chi connectivity index (χ2v) is 8.81. The van der Waals surface area contributed by atoms with Gasteiger partial charge in [0.1, 0.15) is 0 Å². The normalized spacial score (nSPS) is 14.8. The molecule has 11 heteroatoms. The molecule has 0 spiro atoms. The Bertz CT molecular complexity index is 1060. The maximum absolute atomic E-state index is 13.1. The first-order chi connectivity index (χ1) is 13.6. The summed E-state index contributed by atoms with van der Waals surface area (Å²) in [5.41, 5.74) is 0.250. The smallest absolute Gasteiger partial charge is 0.395 e. The summed E-state index contributed by atoms with van der Waals surface area (Å²) in [4.78, 5) is 12.7. The number of nitrogens with one attached hydrogen (secondary N) is 1. The number of ether oxygens (including phenoxy) is 2. The van der Waals surface area contributed by atoms with Crippen molar-refractivity contribution in [2.75, 3.05) is 18.4 Å². The first-order valence-electron chi connectivity index (χ1n) is 8.58. The van der Waals surface area contributed by atoms with Gasteiger partial charge in [-0.15, -0.1) is 8.78 Å². The van der Waals surface area contributed by atoms with E-state index in [0.29, 0.717) is 4.47 Å². The number of carbonyl (C=O) groups excluding carboxylic acids is 1. The van der Waals surface area contributed by atoms with Crippen molar-refractivity contribution in [1.29, 1.82) is 0 Å². The summed E-state index contributed by atoms with van der Waals surface area (Å²) in [5.74, 6) is -0.995. The molecular weight excluding hydrogens is 474 g/mol. The Hall–Kier alpha value is -2.24. The van der Waals surface area contributed by atoms with Gasteiger partial charge in [-0.05, 0) is 46.3 Å². The Kier molecular flexibility index (Phi) is 5.84. The van der Waals surface area contributed by atoms with Crippen LogP contribution in [0, 0.1) is 0 Å². The van der Waals surface area contributed by atoms with Crippen LogP contribution in [0.4, 0.5) is 14.5 Å². The van der Waals surface area contributed by atoms with Crippen molar-refractivity contribution < 1.29 is 31.5 Å². The Morgan fingerprint density at radius 1 is 1.10 bits per heavy atom. The zero-order valence-corrected chi connectivity index (χ0v) is 17.8. The molecule has 3 rings (SSSR count). The van der Waals surface area contributed by atoms with E-state index in [4.69, 9.17) is 0 Å². The minimum atomic E-state index is -3.76. The third kappa shape index (κ3) is 4.36. The molecule has 2 aromatic rings. The lowest BCUT2D eigenvalue weighted by atomic mass is 10.2. The molecule has 1 aliphatic rings. The van der Waals surface area contributed by atoms with Crippen LogP contribution in [0.2, 0.25) is 0 Å². The highest BCUT2D eigenvalue weighted by Gasteiger charge is 2.43. The molecule has 0 radical (unpaired) electrons. The van der Waals surface area contributed by atoms with Crippen LogP contribution >= 0.6 is 15.9 Å². The lowest BCUT2D eigenvalue weighted by Gasteiger charge is -2.19. The third-order valence-electron chi connectivity index (χ3n) is 4.18. The second kappa shape index (κ2) is 7.88. The molecule has 1 aliphatic heterocycles. The average Bonchev–Trinajstić information content (AvgIpc) is 2.95. The quantitative estimate of drug-likeness (QED) is 0.659. The number of nitrogens with zero attached hydrogens (tertiary/aromatic N) is 1. The molecule has 2 aromatic carbocycles. The number of hydrogen-bond acceptors (Lipinski definition) is 5. The van der Waals surface area contributed by atoms with Gasteiger partial charge in [0.2, 0.25) is 10.0 Å². The topological polar surface area (TPSA) is 84.9 Å². The lowest BCUT2D eigenvalue weighted by molar-refractivity contribution is -0.286. The lowest BCUT2D eigenvalue weighted by Crippen LogP contribution is -2.30. The van der Waals surface area contributed by atoms with Crippen molar-refractivity contribution in [3.8, 4) is 11.5 Å². The van der Waals surface area contributed by atoms with E-state index in [1.54, 1.807) is 13.8 Å². The molecule has 156 valence electrons. The number of rotatable bonds is 6. The highest BCUT2D eigenvalue weighted by atomic mass is 79.9. The summed E-state index contributed by atoms with van der Waals surface area (Å²) in [6, 6.07) is 7.92. The van der Waals surface area contributed by atoms with Crippen LogP contribution in [-0.2, 0) is 10.0 Å². The van der Waals surface area contributed by atoms with Gasteiger partial charge in [0.05, 0.1) is 10.5 Å². The summed E-state index contributed by atoms with van der Waals surface area (Å²) in [7, 11) is -3.76. The van der Waals surface area contributed by atoms with Gasteiger partial charge in [0, 0.05) is 29.3 Å². The van der Waals surface area contributed by atoms with Crippen LogP contribution in [0.3, 0.4) is 0 Å². The summed E-state index contributed by atoms with van der Waals surface area (Å²) in [6.07, 6.45) is -3.76. The van der Waals surface area contributed by atoms with Crippen molar-refractivity contribution >= 4 is 37.5 Å². The van der Waals surface area contributed by atoms with E-state index >= 15 is 0 Å². The van der Waals surface area contributed by atoms with Crippen molar-refractivity contribution in [3.05, 3.63) is 46.4 Å². The molecule has 7 nitrogen and oxygen atoms in total. The summed E-state index contributed by atoms with van der Waals surface area (Å²) < 4.78 is 62.0. The molecule has 0 atom stereocenters. The summed E-state index contributed by atoms with van der Waals surface area (Å²) >= 11 is 3.23. The number of anilines is 1. The van der Waals surface area contributed by atoms with Crippen molar-refractivity contribution in [2.45, 2.75) is 25.0 Å². The molecule has 1 N–H and O–H groups in total. The second-order valence-electron chi connectivity index (χ2n) is 6.01. The molecule has 29 heavy (non-hydrogen) atoms. The number of alkyl halides is 2. The zero-order chi connectivity index (χ0) is 21.4. The van der Waals surface area contributed by atoms with Gasteiger partial charge in [-0.1, -0.05) is 13.8 Å². The average molecular weight is 491 g/mol. The highest BCUT2D eigenvalue weighted by molar-refractivity contribution is 9.10. The van der Waals surface area contributed by atoms with Gasteiger partial charge < -0.3 is 14.8 Å². The van der Waals surface area contributed by atoms with E-state index < -0.39 is 22.2 Å². The minimum Gasteiger partial charge on any atom is -0.395 e. The van der Waals surface area contributed by atoms with Gasteiger partial charge in [-0.3, -0.25) is 4.79 Å². The monoisotopic (exact) mass is 490 g/mol. The molecule has 1 amide bonds. The van der Waals surface area contributed by atoms with E-state index in [9.17, 15) is 22.0 Å². The maximum Gasteiger partial charge on any atom is 0.586 e. The fourth-order valence-electron chi connectivity index (χ4n) is 2.78. The molecular formula is C18H17BrF2N2O5S. The largest absolute Gasteiger partial charge is 0.586 e. The first-order valence-corrected chi connectivity index (χ1v) is 10.8. The van der Waals surface area contributed by atoms with Gasteiger partial charge in [0.15, 0.2) is 11.5 Å². The van der Waals surface area contributed by atoms with Crippen LogP contribution in [0.25, 0.3) is 0 Å². The molecule has 0 bridgehead atoms. The number of halogens is 3. The molecule has 0 aliphatic carbocycles. The number of hydrogen-bond donors (Lipinski definition) is 1. The van der Waals surface area contributed by atoms with Crippen LogP contribution in [0.15, 0.2) is 45.8 Å². The predicted molar refractivity (Wildman–Crippen MR) is 105 cm³/mol. The SMILES string of the molecule is CCN(CC)S(=O)(=O)c1ccc(Br)c(C(=O)Nc2ccc3c(c2)OC(F)(F)O3)c1. The Morgan fingerprint density at radius 3 is 2.41 bits per heavy atom. The summed E-state index contributed by atoms with van der Waals surface area (Å²) in [6.45, 7) is 4.02. The Labute approximate surface area is 174 Å². The number of benzene rings is 2. The van der Waals surface area contributed by atoms with E-state index in [1.165, 1.54) is 40.7 Å². The van der Waals surface area contributed by atoms with Gasteiger partial charge in [-0.2, -0.15) is 4.31 Å². The van der Waals surface area contributed by atoms with Crippen LogP contribution in [0.5, 0.6) is 11.5 Å². The molecule has 0 fully saturated rings. The van der Waals surface area contributed by atoms with E-state index in [-0.39, 0.29) is 40.7 Å². The van der Waals surface area contributed by atoms with Crippen LogP contribution < -0.4 is 14.8 Å². The van der Waals surface area contributed by atoms with Gasteiger partial charge in [0.25, 0.3) is 5.91 Å². The molecule has 0 unspecified atom stereocenters. The number of fused-ring (bicyclic) bond motifs is 1. The third-order valence-corrected chi connectivity index (χ3v) is 6.92. The summed E-state index contributed by atoms with van der Waals surface area (Å²) in [5, 5.41) is 2.53. The Morgan fingerprint density at radius 2 is 1.76 bits per heavy atom. The number of carbonyl (C=O) groups is 1. The van der Waals surface area contributed by atoms with Crippen molar-refractivity contribution in [3.63, 3.8) is 0 Å². The maximum atomic E-state index is 13.1. The predicted octanol–water partition coefficient (Wildman–Crippen LogP) is 4.05. The van der Waals surface area contributed by atoms with Crippen molar-refractivity contribution in [1.82, 2.24) is 4.31 Å². The molecule has 0 saturated carbocycles. The van der Waals surface area contributed by atoms with Gasteiger partial charge in [-0.25, -0.2) is 8.42 Å². The number of amides is 1. The minimum absolute atomic E-state index is 0.0279. The van der Waals surface area contributed by atoms with Crippen LogP contribution in [-0.4, -0.2) is 38.0 Å². The molecule has 1 heterocycles. The first kappa shape index (κ1) is 21.5. The van der Waals surface area contributed by atoms with E-state index in [1.807, 2.05) is 0 Å². The fourth-order valence-corrected chi connectivity index (χ4v) is 4.69. The fraction of sp³-hybridized carbons (Fsp3) is 0.278. The molecule has 0 saturated heterocycles. The van der Waals surface area contributed by atoms with Crippen LogP contribution in [0.1, 0.15) is 24.2 Å². The molecule has 0 aromatic heterocycles. The standard InChI is InChI=1S/C18H17BrF2N2O5S/c1-3-23(4-2)29(25,26)12-6-7-14(19)13(10-12)17(24)22-11-5-8-15-16(9-11)28-18(20,21)27-15/h5-10H,3-4H2,1-2H3,(H,22,24). The van der Waals surface area contributed by atoms with E-state index in [2.05, 4.69) is 30.7 Å². The zero-order valence-electron chi connectivity index (χ0n) is 15.4. The highest BCUT2D eigenvalue weighted by Crippen LogP contribution is 2.42.